The fraction of sp³-hybridized carbons (Fsp3) is 0.500. The Kier molecular flexibility index (Phi) is 5.21. The Morgan fingerprint density at radius 3 is 2.19 bits per heavy atom. The standard InChI is InChI=1S/C22H30N4O/c1-18(2)23-13-15-25(16-14-23)22(27)19-9-12-26(17-19)21-7-5-20(6-8-21)24-10-3-4-11-24/h3-8,10-11,18-19H,9,12-17H2,1-2H3/t19-/m0/s1. The normalized spacial score (nSPS) is 21.2. The zero-order chi connectivity index (χ0) is 18.8. The molecule has 4 rings (SSSR count). The first-order chi connectivity index (χ1) is 13.1. The Morgan fingerprint density at radius 2 is 1.56 bits per heavy atom. The molecule has 5 nitrogen and oxygen atoms in total. The molecule has 0 N–H and O–H groups in total. The summed E-state index contributed by atoms with van der Waals surface area (Å²) in [5.41, 5.74) is 2.38. The van der Waals surface area contributed by atoms with Crippen molar-refractivity contribution in [2.24, 2.45) is 5.92 Å². The number of aromatic nitrogens is 1. The van der Waals surface area contributed by atoms with E-state index in [2.05, 4.69) is 69.8 Å². The average molecular weight is 367 g/mol. The molecule has 0 radical (unpaired) electrons. The highest BCUT2D eigenvalue weighted by Gasteiger charge is 2.33. The molecule has 1 aromatic heterocycles. The van der Waals surface area contributed by atoms with Crippen LogP contribution >= 0.6 is 0 Å². The van der Waals surface area contributed by atoms with Crippen LogP contribution in [0.2, 0.25) is 0 Å². The van der Waals surface area contributed by atoms with Gasteiger partial charge in [-0.2, -0.15) is 0 Å². The lowest BCUT2D eigenvalue weighted by atomic mass is 10.1. The predicted molar refractivity (Wildman–Crippen MR) is 109 cm³/mol. The van der Waals surface area contributed by atoms with Crippen LogP contribution in [-0.2, 0) is 4.79 Å². The van der Waals surface area contributed by atoms with Gasteiger partial charge in [-0.1, -0.05) is 0 Å². The van der Waals surface area contributed by atoms with Gasteiger partial charge in [-0.25, -0.2) is 0 Å². The average Bonchev–Trinajstić information content (AvgIpc) is 3.40. The number of anilines is 1. The van der Waals surface area contributed by atoms with E-state index in [1.807, 2.05) is 12.1 Å². The number of benzene rings is 1. The van der Waals surface area contributed by atoms with E-state index in [0.29, 0.717) is 11.9 Å². The third-order valence-corrected chi connectivity index (χ3v) is 6.01. The Labute approximate surface area is 162 Å². The lowest BCUT2D eigenvalue weighted by Gasteiger charge is -2.37. The number of nitrogens with zero attached hydrogens (tertiary/aromatic N) is 4. The quantitative estimate of drug-likeness (QED) is 0.834. The Bertz CT molecular complexity index is 745. The van der Waals surface area contributed by atoms with E-state index < -0.39 is 0 Å². The summed E-state index contributed by atoms with van der Waals surface area (Å²) in [6.45, 7) is 10.0. The van der Waals surface area contributed by atoms with Gasteiger partial charge in [0.2, 0.25) is 5.91 Å². The summed E-state index contributed by atoms with van der Waals surface area (Å²) in [7, 11) is 0. The molecule has 2 aliphatic rings. The minimum Gasteiger partial charge on any atom is -0.371 e. The highest BCUT2D eigenvalue weighted by molar-refractivity contribution is 5.80. The topological polar surface area (TPSA) is 31.7 Å². The highest BCUT2D eigenvalue weighted by Crippen LogP contribution is 2.26. The molecule has 3 heterocycles. The zero-order valence-corrected chi connectivity index (χ0v) is 16.4. The molecule has 2 aromatic rings. The number of rotatable bonds is 4. The molecular formula is C22H30N4O. The molecule has 144 valence electrons. The predicted octanol–water partition coefficient (Wildman–Crippen LogP) is 2.86. The number of carbonyl (C=O) groups excluding carboxylic acids is 1. The van der Waals surface area contributed by atoms with Crippen molar-refractivity contribution in [3.63, 3.8) is 0 Å². The minimum atomic E-state index is 0.139. The molecule has 0 bridgehead atoms. The molecule has 1 amide bonds. The van der Waals surface area contributed by atoms with Gasteiger partial charge in [-0.15, -0.1) is 0 Å². The van der Waals surface area contributed by atoms with Crippen molar-refractivity contribution in [3.05, 3.63) is 48.8 Å². The third kappa shape index (κ3) is 3.88. The fourth-order valence-corrected chi connectivity index (χ4v) is 4.26. The molecule has 27 heavy (non-hydrogen) atoms. The van der Waals surface area contributed by atoms with E-state index in [9.17, 15) is 4.79 Å². The van der Waals surface area contributed by atoms with Gasteiger partial charge < -0.3 is 14.4 Å². The second kappa shape index (κ2) is 7.77. The van der Waals surface area contributed by atoms with Gasteiger partial charge in [-0.05, 0) is 56.7 Å². The Hall–Kier alpha value is -2.27. The first kappa shape index (κ1) is 18.1. The van der Waals surface area contributed by atoms with Crippen LogP contribution in [-0.4, -0.2) is 65.6 Å². The molecule has 2 saturated heterocycles. The van der Waals surface area contributed by atoms with E-state index in [-0.39, 0.29) is 5.92 Å². The van der Waals surface area contributed by atoms with Gasteiger partial charge in [0.05, 0.1) is 5.92 Å². The number of hydrogen-bond acceptors (Lipinski definition) is 3. The van der Waals surface area contributed by atoms with Crippen LogP contribution in [0.4, 0.5) is 5.69 Å². The van der Waals surface area contributed by atoms with E-state index in [0.717, 1.165) is 45.7 Å². The lowest BCUT2D eigenvalue weighted by molar-refractivity contribution is -0.136. The van der Waals surface area contributed by atoms with Crippen molar-refractivity contribution in [2.75, 3.05) is 44.2 Å². The van der Waals surface area contributed by atoms with E-state index in [1.165, 1.54) is 11.4 Å². The minimum absolute atomic E-state index is 0.139. The van der Waals surface area contributed by atoms with Crippen molar-refractivity contribution >= 4 is 11.6 Å². The van der Waals surface area contributed by atoms with Gasteiger partial charge in [0, 0.05) is 69.1 Å². The summed E-state index contributed by atoms with van der Waals surface area (Å²) < 4.78 is 2.11. The van der Waals surface area contributed by atoms with Crippen molar-refractivity contribution in [1.29, 1.82) is 0 Å². The lowest BCUT2D eigenvalue weighted by Crippen LogP contribution is -2.52. The van der Waals surface area contributed by atoms with Gasteiger partial charge in [0.25, 0.3) is 0 Å². The maximum absolute atomic E-state index is 12.9. The number of carbonyl (C=O) groups is 1. The number of hydrogen-bond donors (Lipinski definition) is 0. The summed E-state index contributed by atoms with van der Waals surface area (Å²) in [4.78, 5) is 19.8. The van der Waals surface area contributed by atoms with Gasteiger partial charge >= 0.3 is 0 Å². The number of piperazine rings is 1. The van der Waals surface area contributed by atoms with Crippen LogP contribution in [0.25, 0.3) is 5.69 Å². The van der Waals surface area contributed by atoms with E-state index in [1.54, 1.807) is 0 Å². The van der Waals surface area contributed by atoms with Crippen molar-refractivity contribution in [2.45, 2.75) is 26.3 Å². The smallest absolute Gasteiger partial charge is 0.227 e. The molecule has 0 unspecified atom stereocenters. The summed E-state index contributed by atoms with van der Waals surface area (Å²) in [6.07, 6.45) is 5.07. The molecule has 5 heteroatoms. The van der Waals surface area contributed by atoms with Crippen LogP contribution in [0.5, 0.6) is 0 Å². The Balaban J connectivity index is 1.34. The van der Waals surface area contributed by atoms with Crippen molar-refractivity contribution in [1.82, 2.24) is 14.4 Å². The molecule has 1 aromatic carbocycles. The van der Waals surface area contributed by atoms with Crippen LogP contribution in [0, 0.1) is 5.92 Å². The first-order valence-electron chi connectivity index (χ1n) is 10.1. The largest absolute Gasteiger partial charge is 0.371 e. The summed E-state index contributed by atoms with van der Waals surface area (Å²) >= 11 is 0. The summed E-state index contributed by atoms with van der Waals surface area (Å²) in [5.74, 6) is 0.490. The third-order valence-electron chi connectivity index (χ3n) is 6.01. The SMILES string of the molecule is CC(C)N1CCN(C(=O)[C@H]2CCN(c3ccc(-n4cccc4)cc3)C2)CC1. The molecule has 0 saturated carbocycles. The Morgan fingerprint density at radius 1 is 0.926 bits per heavy atom. The highest BCUT2D eigenvalue weighted by atomic mass is 16.2. The van der Waals surface area contributed by atoms with Crippen LogP contribution < -0.4 is 4.90 Å². The van der Waals surface area contributed by atoms with Crippen LogP contribution in [0.3, 0.4) is 0 Å². The second-order valence-corrected chi connectivity index (χ2v) is 7.99. The van der Waals surface area contributed by atoms with E-state index >= 15 is 0 Å². The van der Waals surface area contributed by atoms with Crippen LogP contribution in [0.15, 0.2) is 48.8 Å². The maximum atomic E-state index is 12.9. The molecule has 0 spiro atoms. The van der Waals surface area contributed by atoms with E-state index in [4.69, 9.17) is 0 Å². The molecular weight excluding hydrogens is 336 g/mol. The van der Waals surface area contributed by atoms with Crippen molar-refractivity contribution < 1.29 is 4.79 Å². The van der Waals surface area contributed by atoms with Gasteiger partial charge in [0.1, 0.15) is 0 Å². The second-order valence-electron chi connectivity index (χ2n) is 7.99. The zero-order valence-electron chi connectivity index (χ0n) is 16.4. The van der Waals surface area contributed by atoms with Crippen molar-refractivity contribution in [3.8, 4) is 5.69 Å². The molecule has 0 aliphatic carbocycles. The molecule has 2 aliphatic heterocycles. The fourth-order valence-electron chi connectivity index (χ4n) is 4.26. The van der Waals surface area contributed by atoms with Crippen LogP contribution in [0.1, 0.15) is 20.3 Å². The van der Waals surface area contributed by atoms with Gasteiger partial charge in [-0.3, -0.25) is 9.69 Å². The summed E-state index contributed by atoms with van der Waals surface area (Å²) in [6, 6.07) is 13.3. The molecule has 2 fully saturated rings. The first-order valence-corrected chi connectivity index (χ1v) is 10.1. The number of amides is 1. The molecule has 1 atom stereocenters. The summed E-state index contributed by atoms with van der Waals surface area (Å²) in [5, 5.41) is 0. The maximum Gasteiger partial charge on any atom is 0.227 e. The monoisotopic (exact) mass is 366 g/mol. The van der Waals surface area contributed by atoms with Gasteiger partial charge in [0.15, 0.2) is 0 Å².